The first-order chi connectivity index (χ1) is 6.04. The molecule has 0 bridgehead atoms. The van der Waals surface area contributed by atoms with E-state index in [4.69, 9.17) is 15.0 Å². The molecule has 0 saturated heterocycles. The van der Waals surface area contributed by atoms with Crippen LogP contribution in [0.4, 0.5) is 4.79 Å². The molecule has 0 atom stereocenters. The summed E-state index contributed by atoms with van der Waals surface area (Å²) in [6.07, 6.45) is 8.40. The fourth-order valence-electron chi connectivity index (χ4n) is 0.415. The van der Waals surface area contributed by atoms with Crippen molar-refractivity contribution in [3.05, 3.63) is 36.0 Å². The summed E-state index contributed by atoms with van der Waals surface area (Å²) in [5.74, 6) is 0. The van der Waals surface area contributed by atoms with Gasteiger partial charge in [-0.3, -0.25) is 0 Å². The van der Waals surface area contributed by atoms with E-state index in [9.17, 15) is 0 Å². The van der Waals surface area contributed by atoms with Gasteiger partial charge in [0.25, 0.3) is 0 Å². The third kappa shape index (κ3) is 25.1. The predicted molar refractivity (Wildman–Crippen MR) is 54.0 cm³/mol. The summed E-state index contributed by atoms with van der Waals surface area (Å²) in [5.41, 5.74) is 1.30. The van der Waals surface area contributed by atoms with Crippen molar-refractivity contribution in [3.63, 3.8) is 0 Å². The second-order valence-electron chi connectivity index (χ2n) is 2.20. The normalized spacial score (nSPS) is 11.5. The third-order valence-electron chi connectivity index (χ3n) is 1.12. The molecule has 74 valence electrons. The summed E-state index contributed by atoms with van der Waals surface area (Å²) in [6, 6.07) is 0. The first-order valence-corrected chi connectivity index (χ1v) is 3.88. The van der Waals surface area contributed by atoms with Crippen LogP contribution in [0.15, 0.2) is 36.0 Å². The number of allylic oxidation sites excluding steroid dienone is 6. The van der Waals surface area contributed by atoms with Gasteiger partial charge in [0, 0.05) is 0 Å². The highest BCUT2D eigenvalue weighted by molar-refractivity contribution is 5.53. The molecule has 0 aromatic carbocycles. The summed E-state index contributed by atoms with van der Waals surface area (Å²) < 4.78 is 0. The molecule has 0 unspecified atom stereocenters. The van der Waals surface area contributed by atoms with Crippen LogP contribution in [-0.2, 0) is 0 Å². The predicted octanol–water partition coefficient (Wildman–Crippen LogP) is 3.31. The molecule has 0 rings (SSSR count). The Morgan fingerprint density at radius 1 is 1.15 bits per heavy atom. The van der Waals surface area contributed by atoms with Crippen molar-refractivity contribution in [2.24, 2.45) is 0 Å². The molecule has 2 N–H and O–H groups in total. The highest BCUT2D eigenvalue weighted by Gasteiger charge is 1.71. The van der Waals surface area contributed by atoms with Gasteiger partial charge in [0.15, 0.2) is 0 Å². The molecule has 13 heavy (non-hydrogen) atoms. The van der Waals surface area contributed by atoms with Gasteiger partial charge in [-0.25, -0.2) is 4.79 Å². The van der Waals surface area contributed by atoms with E-state index < -0.39 is 6.16 Å². The lowest BCUT2D eigenvalue weighted by atomic mass is 10.2. The molecule has 0 aromatic heterocycles. The lowest BCUT2D eigenvalue weighted by Crippen LogP contribution is -1.81. The maximum Gasteiger partial charge on any atom is 0.503 e. The van der Waals surface area contributed by atoms with Crippen LogP contribution in [-0.4, -0.2) is 16.4 Å². The molecular formula is C10H16O3. The van der Waals surface area contributed by atoms with Crippen LogP contribution in [0.2, 0.25) is 0 Å². The van der Waals surface area contributed by atoms with Crippen LogP contribution in [0.1, 0.15) is 20.8 Å². The van der Waals surface area contributed by atoms with Gasteiger partial charge in [-0.15, -0.1) is 0 Å². The highest BCUT2D eigenvalue weighted by Crippen LogP contribution is 1.92. The van der Waals surface area contributed by atoms with E-state index >= 15 is 0 Å². The Morgan fingerprint density at radius 2 is 1.62 bits per heavy atom. The van der Waals surface area contributed by atoms with Crippen molar-refractivity contribution in [2.45, 2.75) is 20.8 Å². The Balaban J connectivity index is 0. The Morgan fingerprint density at radius 3 is 1.92 bits per heavy atom. The molecule has 0 saturated carbocycles. The van der Waals surface area contributed by atoms with Crippen molar-refractivity contribution < 1.29 is 15.0 Å². The Labute approximate surface area is 78.7 Å². The van der Waals surface area contributed by atoms with E-state index in [1.54, 1.807) is 0 Å². The average molecular weight is 184 g/mol. The minimum absolute atomic E-state index is 1.30. The van der Waals surface area contributed by atoms with Gasteiger partial charge in [-0.05, 0) is 20.8 Å². The van der Waals surface area contributed by atoms with E-state index in [1.165, 1.54) is 5.57 Å². The zero-order valence-corrected chi connectivity index (χ0v) is 8.19. The molecule has 0 heterocycles. The Hall–Kier alpha value is -1.51. The minimum Gasteiger partial charge on any atom is -0.450 e. The Kier molecular flexibility index (Phi) is 11.3. The second-order valence-corrected chi connectivity index (χ2v) is 2.20. The lowest BCUT2D eigenvalue weighted by molar-refractivity contribution is 0.137. The molecule has 0 spiro atoms. The molecule has 0 radical (unpaired) electrons. The minimum atomic E-state index is -1.83. The summed E-state index contributed by atoms with van der Waals surface area (Å²) >= 11 is 0. The van der Waals surface area contributed by atoms with Crippen molar-refractivity contribution in [1.82, 2.24) is 0 Å². The molecule has 3 nitrogen and oxygen atoms in total. The molecule has 0 aliphatic heterocycles. The van der Waals surface area contributed by atoms with Crippen molar-refractivity contribution >= 4 is 6.16 Å². The molecule has 0 fully saturated rings. The second kappa shape index (κ2) is 10.5. The number of rotatable bonds is 2. The summed E-state index contributed by atoms with van der Waals surface area (Å²) in [4.78, 5) is 8.56. The molecular weight excluding hydrogens is 168 g/mol. The fraction of sp³-hybridized carbons (Fsp3) is 0.300. The zero-order chi connectivity index (χ0) is 10.7. The van der Waals surface area contributed by atoms with Crippen LogP contribution in [0, 0.1) is 0 Å². The van der Waals surface area contributed by atoms with E-state index in [1.807, 2.05) is 32.1 Å². The van der Waals surface area contributed by atoms with E-state index in [-0.39, 0.29) is 0 Å². The first-order valence-electron chi connectivity index (χ1n) is 3.88. The molecule has 0 amide bonds. The molecule has 3 heteroatoms. The van der Waals surface area contributed by atoms with Gasteiger partial charge >= 0.3 is 6.16 Å². The standard InChI is InChI=1S/C9H14.CH2O3/c1-4-6-7-8-9(3)5-2;2-1(3)4/h4-8H,1-3H3;(H2,2,3,4). The van der Waals surface area contributed by atoms with Gasteiger partial charge in [-0.2, -0.15) is 0 Å². The van der Waals surface area contributed by atoms with Gasteiger partial charge < -0.3 is 10.2 Å². The monoisotopic (exact) mass is 184 g/mol. The van der Waals surface area contributed by atoms with Gasteiger partial charge in [-0.1, -0.05) is 36.0 Å². The summed E-state index contributed by atoms with van der Waals surface area (Å²) in [6.45, 7) is 6.13. The van der Waals surface area contributed by atoms with E-state index in [2.05, 4.69) is 19.1 Å². The van der Waals surface area contributed by atoms with E-state index in [0.717, 1.165) is 0 Å². The van der Waals surface area contributed by atoms with Gasteiger partial charge in [0.1, 0.15) is 0 Å². The summed E-state index contributed by atoms with van der Waals surface area (Å²) in [5, 5.41) is 13.9. The van der Waals surface area contributed by atoms with Gasteiger partial charge in [0.05, 0.1) is 0 Å². The molecule has 0 aliphatic carbocycles. The van der Waals surface area contributed by atoms with Crippen LogP contribution in [0.3, 0.4) is 0 Å². The lowest BCUT2D eigenvalue weighted by Gasteiger charge is -1.82. The fourth-order valence-corrected chi connectivity index (χ4v) is 0.415. The van der Waals surface area contributed by atoms with Crippen molar-refractivity contribution in [1.29, 1.82) is 0 Å². The molecule has 0 aromatic rings. The SMILES string of the molecule is CC=CC=CC(C)=CC.O=C(O)O. The number of hydrogen-bond acceptors (Lipinski definition) is 1. The highest BCUT2D eigenvalue weighted by atomic mass is 16.6. The number of carboxylic acid groups (broad SMARTS) is 2. The first kappa shape index (κ1) is 14.0. The van der Waals surface area contributed by atoms with Crippen molar-refractivity contribution in [2.75, 3.05) is 0 Å². The molecule has 0 aliphatic rings. The van der Waals surface area contributed by atoms with Crippen molar-refractivity contribution in [3.8, 4) is 0 Å². The van der Waals surface area contributed by atoms with E-state index in [0.29, 0.717) is 0 Å². The average Bonchev–Trinajstić information content (AvgIpc) is 2.03. The number of carbonyl (C=O) groups is 1. The topological polar surface area (TPSA) is 57.5 Å². The number of hydrogen-bond donors (Lipinski definition) is 2. The largest absolute Gasteiger partial charge is 0.503 e. The third-order valence-corrected chi connectivity index (χ3v) is 1.12. The smallest absolute Gasteiger partial charge is 0.450 e. The summed E-state index contributed by atoms with van der Waals surface area (Å²) in [7, 11) is 0. The van der Waals surface area contributed by atoms with Gasteiger partial charge in [0.2, 0.25) is 0 Å². The maximum absolute atomic E-state index is 8.56. The Bertz CT molecular complexity index is 208. The van der Waals surface area contributed by atoms with Crippen LogP contribution in [0.25, 0.3) is 0 Å². The maximum atomic E-state index is 8.56. The van der Waals surface area contributed by atoms with Crippen LogP contribution < -0.4 is 0 Å². The quantitative estimate of drug-likeness (QED) is 0.647. The van der Waals surface area contributed by atoms with Crippen LogP contribution >= 0.6 is 0 Å². The van der Waals surface area contributed by atoms with Crippen LogP contribution in [0.5, 0.6) is 0 Å². The zero-order valence-electron chi connectivity index (χ0n) is 8.19.